The SMILES string of the molecule is CCOc1ccnc(NC(C)c2cccc(N)c2)n1. The summed E-state index contributed by atoms with van der Waals surface area (Å²) in [6.45, 7) is 4.54. The number of nitrogens with zero attached hydrogens (tertiary/aromatic N) is 2. The lowest BCUT2D eigenvalue weighted by Crippen LogP contribution is -2.10. The van der Waals surface area contributed by atoms with Crippen LogP contribution in [0.1, 0.15) is 25.5 Å². The lowest BCUT2D eigenvalue weighted by atomic mass is 10.1. The van der Waals surface area contributed by atoms with Gasteiger partial charge in [-0.15, -0.1) is 0 Å². The number of aromatic nitrogens is 2. The molecule has 0 fully saturated rings. The zero-order valence-electron chi connectivity index (χ0n) is 11.1. The zero-order chi connectivity index (χ0) is 13.7. The molecule has 1 aromatic heterocycles. The van der Waals surface area contributed by atoms with Crippen LogP contribution in [0.25, 0.3) is 0 Å². The van der Waals surface area contributed by atoms with E-state index in [9.17, 15) is 0 Å². The Morgan fingerprint density at radius 2 is 2.21 bits per heavy atom. The molecular formula is C14H18N4O. The second-order valence-corrected chi connectivity index (χ2v) is 4.19. The van der Waals surface area contributed by atoms with Crippen LogP contribution in [-0.2, 0) is 0 Å². The van der Waals surface area contributed by atoms with Gasteiger partial charge in [0.25, 0.3) is 0 Å². The van der Waals surface area contributed by atoms with Crippen molar-refractivity contribution in [3.05, 3.63) is 42.1 Å². The van der Waals surface area contributed by atoms with Crippen molar-refractivity contribution in [2.75, 3.05) is 17.7 Å². The van der Waals surface area contributed by atoms with Gasteiger partial charge in [0.15, 0.2) is 0 Å². The molecule has 1 aromatic carbocycles. The van der Waals surface area contributed by atoms with Gasteiger partial charge in [-0.1, -0.05) is 12.1 Å². The van der Waals surface area contributed by atoms with Crippen LogP contribution in [0.2, 0.25) is 0 Å². The molecule has 0 amide bonds. The molecule has 0 aliphatic heterocycles. The van der Waals surface area contributed by atoms with Crippen LogP contribution in [0.5, 0.6) is 5.88 Å². The summed E-state index contributed by atoms with van der Waals surface area (Å²) in [5.74, 6) is 1.11. The van der Waals surface area contributed by atoms with E-state index < -0.39 is 0 Å². The maximum atomic E-state index is 5.77. The van der Waals surface area contributed by atoms with Gasteiger partial charge < -0.3 is 15.8 Å². The lowest BCUT2D eigenvalue weighted by molar-refractivity contribution is 0.326. The Morgan fingerprint density at radius 1 is 1.37 bits per heavy atom. The Bertz CT molecular complexity index is 544. The van der Waals surface area contributed by atoms with E-state index in [1.165, 1.54) is 0 Å². The summed E-state index contributed by atoms with van der Waals surface area (Å²) < 4.78 is 5.34. The summed E-state index contributed by atoms with van der Waals surface area (Å²) in [5.41, 5.74) is 7.61. The summed E-state index contributed by atoms with van der Waals surface area (Å²) in [6, 6.07) is 9.55. The minimum absolute atomic E-state index is 0.0698. The molecule has 100 valence electrons. The van der Waals surface area contributed by atoms with E-state index in [0.717, 1.165) is 11.3 Å². The van der Waals surface area contributed by atoms with Gasteiger partial charge >= 0.3 is 0 Å². The Balaban J connectivity index is 2.10. The van der Waals surface area contributed by atoms with E-state index in [0.29, 0.717) is 18.4 Å². The van der Waals surface area contributed by atoms with E-state index in [-0.39, 0.29) is 6.04 Å². The average Bonchev–Trinajstić information content (AvgIpc) is 2.39. The average molecular weight is 258 g/mol. The maximum Gasteiger partial charge on any atom is 0.226 e. The fraction of sp³-hybridized carbons (Fsp3) is 0.286. The topological polar surface area (TPSA) is 73.1 Å². The quantitative estimate of drug-likeness (QED) is 0.806. The molecule has 0 saturated heterocycles. The van der Waals surface area contributed by atoms with Gasteiger partial charge in [0.2, 0.25) is 11.8 Å². The van der Waals surface area contributed by atoms with Crippen molar-refractivity contribution in [3.63, 3.8) is 0 Å². The molecule has 3 N–H and O–H groups in total. The number of benzene rings is 1. The molecule has 0 radical (unpaired) electrons. The van der Waals surface area contributed by atoms with Gasteiger partial charge in [-0.05, 0) is 31.5 Å². The highest BCUT2D eigenvalue weighted by atomic mass is 16.5. The van der Waals surface area contributed by atoms with Crippen LogP contribution in [0.3, 0.4) is 0 Å². The molecule has 0 bridgehead atoms. The van der Waals surface area contributed by atoms with Crippen molar-refractivity contribution < 1.29 is 4.74 Å². The first-order valence-corrected chi connectivity index (χ1v) is 6.27. The molecule has 0 aliphatic rings. The van der Waals surface area contributed by atoms with Crippen molar-refractivity contribution in [3.8, 4) is 5.88 Å². The molecule has 5 nitrogen and oxygen atoms in total. The fourth-order valence-corrected chi connectivity index (χ4v) is 1.75. The van der Waals surface area contributed by atoms with E-state index in [1.807, 2.05) is 38.1 Å². The van der Waals surface area contributed by atoms with Gasteiger partial charge in [0, 0.05) is 18.0 Å². The van der Waals surface area contributed by atoms with Gasteiger partial charge in [-0.25, -0.2) is 4.98 Å². The predicted octanol–water partition coefficient (Wildman–Crippen LogP) is 2.63. The van der Waals surface area contributed by atoms with Crippen LogP contribution in [0.4, 0.5) is 11.6 Å². The van der Waals surface area contributed by atoms with Crippen LogP contribution < -0.4 is 15.8 Å². The molecule has 0 aliphatic carbocycles. The van der Waals surface area contributed by atoms with Crippen molar-refractivity contribution in [1.29, 1.82) is 0 Å². The minimum atomic E-state index is 0.0698. The summed E-state index contributed by atoms with van der Waals surface area (Å²) in [6.07, 6.45) is 1.67. The standard InChI is InChI=1S/C14H18N4O/c1-3-19-13-7-8-16-14(18-13)17-10(2)11-5-4-6-12(15)9-11/h4-10H,3,15H2,1-2H3,(H,16,17,18). The van der Waals surface area contributed by atoms with Gasteiger partial charge in [0.1, 0.15) is 0 Å². The second-order valence-electron chi connectivity index (χ2n) is 4.19. The Labute approximate surface area is 112 Å². The van der Waals surface area contributed by atoms with Crippen LogP contribution >= 0.6 is 0 Å². The smallest absolute Gasteiger partial charge is 0.226 e. The van der Waals surface area contributed by atoms with Crippen molar-refractivity contribution in [1.82, 2.24) is 9.97 Å². The third-order valence-electron chi connectivity index (χ3n) is 2.68. The van der Waals surface area contributed by atoms with Gasteiger partial charge in [0.05, 0.1) is 12.6 Å². The molecule has 5 heteroatoms. The molecule has 2 aromatic rings. The highest BCUT2D eigenvalue weighted by Gasteiger charge is 2.07. The number of ether oxygens (including phenoxy) is 1. The number of hydrogen-bond donors (Lipinski definition) is 2. The number of nitrogen functional groups attached to an aromatic ring is 1. The number of hydrogen-bond acceptors (Lipinski definition) is 5. The molecule has 19 heavy (non-hydrogen) atoms. The minimum Gasteiger partial charge on any atom is -0.478 e. The normalized spacial score (nSPS) is 11.9. The van der Waals surface area contributed by atoms with Crippen molar-refractivity contribution in [2.45, 2.75) is 19.9 Å². The largest absolute Gasteiger partial charge is 0.478 e. The summed E-state index contributed by atoms with van der Waals surface area (Å²) in [4.78, 5) is 8.45. The van der Waals surface area contributed by atoms with E-state index in [4.69, 9.17) is 10.5 Å². The molecule has 0 spiro atoms. The van der Waals surface area contributed by atoms with Crippen LogP contribution in [0, 0.1) is 0 Å². The molecule has 1 unspecified atom stereocenters. The first kappa shape index (κ1) is 13.1. The van der Waals surface area contributed by atoms with Crippen molar-refractivity contribution in [2.24, 2.45) is 0 Å². The highest BCUT2D eigenvalue weighted by molar-refractivity contribution is 5.43. The maximum absolute atomic E-state index is 5.77. The molecular weight excluding hydrogens is 240 g/mol. The van der Waals surface area contributed by atoms with Gasteiger partial charge in [-0.2, -0.15) is 4.98 Å². The Morgan fingerprint density at radius 3 is 2.95 bits per heavy atom. The van der Waals surface area contributed by atoms with E-state index in [1.54, 1.807) is 12.3 Å². The third kappa shape index (κ3) is 3.58. The second kappa shape index (κ2) is 6.04. The molecule has 2 rings (SSSR count). The lowest BCUT2D eigenvalue weighted by Gasteiger charge is -2.15. The summed E-state index contributed by atoms with van der Waals surface area (Å²) in [7, 11) is 0. The van der Waals surface area contributed by atoms with Crippen molar-refractivity contribution >= 4 is 11.6 Å². The van der Waals surface area contributed by atoms with E-state index >= 15 is 0 Å². The van der Waals surface area contributed by atoms with E-state index in [2.05, 4.69) is 15.3 Å². The monoisotopic (exact) mass is 258 g/mol. The first-order chi connectivity index (χ1) is 9.19. The van der Waals surface area contributed by atoms with Crippen LogP contribution in [0.15, 0.2) is 36.5 Å². The summed E-state index contributed by atoms with van der Waals surface area (Å²) in [5, 5.41) is 3.23. The number of nitrogens with one attached hydrogen (secondary N) is 1. The summed E-state index contributed by atoms with van der Waals surface area (Å²) >= 11 is 0. The van der Waals surface area contributed by atoms with Crippen LogP contribution in [-0.4, -0.2) is 16.6 Å². The number of rotatable bonds is 5. The molecule has 1 atom stereocenters. The Hall–Kier alpha value is -2.30. The highest BCUT2D eigenvalue weighted by Crippen LogP contribution is 2.19. The molecule has 1 heterocycles. The number of nitrogens with two attached hydrogens (primary N) is 1. The van der Waals surface area contributed by atoms with Gasteiger partial charge in [-0.3, -0.25) is 0 Å². The Kier molecular flexibility index (Phi) is 4.18. The first-order valence-electron chi connectivity index (χ1n) is 6.27. The zero-order valence-corrected chi connectivity index (χ0v) is 11.1. The third-order valence-corrected chi connectivity index (χ3v) is 2.68. The number of anilines is 2. The predicted molar refractivity (Wildman–Crippen MR) is 76.1 cm³/mol. The molecule has 0 saturated carbocycles. The fourth-order valence-electron chi connectivity index (χ4n) is 1.75.